The number of aliphatic hydroxyl groups excluding tert-OH is 1. The van der Waals surface area contributed by atoms with Gasteiger partial charge in [0.1, 0.15) is 5.75 Å². The summed E-state index contributed by atoms with van der Waals surface area (Å²) in [7, 11) is 5.94. The van der Waals surface area contributed by atoms with Crippen LogP contribution in [0.4, 0.5) is 17.1 Å². The number of hydrogen-bond acceptors (Lipinski definition) is 8. The summed E-state index contributed by atoms with van der Waals surface area (Å²) in [6, 6.07) is 20.1. The van der Waals surface area contributed by atoms with Crippen molar-refractivity contribution in [2.75, 3.05) is 63.4 Å². The summed E-state index contributed by atoms with van der Waals surface area (Å²) < 4.78 is 12.8. The molecule has 0 saturated carbocycles. The molecule has 0 fully saturated rings. The summed E-state index contributed by atoms with van der Waals surface area (Å²) in [5, 5.41) is 13.1. The Kier molecular flexibility index (Phi) is 13.3. The van der Waals surface area contributed by atoms with Crippen LogP contribution >= 0.6 is 0 Å². The third-order valence-corrected chi connectivity index (χ3v) is 8.92. The lowest BCUT2D eigenvalue weighted by atomic mass is 10.0. The summed E-state index contributed by atoms with van der Waals surface area (Å²) in [5.74, 6) is 0.161. The lowest BCUT2D eigenvalue weighted by Gasteiger charge is -2.36. The lowest BCUT2D eigenvalue weighted by Crippen LogP contribution is -2.47. The molecule has 0 unspecified atom stereocenters. The minimum absolute atomic E-state index is 0.0230. The van der Waals surface area contributed by atoms with E-state index in [1.165, 1.54) is 0 Å². The fraction of sp³-hybridized carbons (Fsp3) is 0.474. The first-order chi connectivity index (χ1) is 23.0. The number of carbonyl (C=O) groups is 2. The molecule has 0 aliphatic carbocycles. The van der Waals surface area contributed by atoms with Crippen LogP contribution in [0.15, 0.2) is 66.7 Å². The van der Waals surface area contributed by atoms with Gasteiger partial charge in [0.15, 0.2) is 0 Å². The number of ether oxygens (including phenoxy) is 2. The van der Waals surface area contributed by atoms with E-state index in [0.29, 0.717) is 54.5 Å². The van der Waals surface area contributed by atoms with Gasteiger partial charge >= 0.3 is 0 Å². The zero-order valence-electron chi connectivity index (χ0n) is 29.3. The second-order valence-electron chi connectivity index (χ2n) is 13.3. The van der Waals surface area contributed by atoms with E-state index < -0.39 is 6.04 Å². The molecule has 4 rings (SSSR count). The predicted octanol–water partition coefficient (Wildman–Crippen LogP) is 5.51. The fourth-order valence-electron chi connectivity index (χ4n) is 5.90. The first-order valence-electron chi connectivity index (χ1n) is 16.9. The summed E-state index contributed by atoms with van der Waals surface area (Å²) in [6.45, 7) is 8.18. The molecule has 0 saturated heterocycles. The van der Waals surface area contributed by atoms with Crippen molar-refractivity contribution in [3.05, 3.63) is 83.4 Å². The molecule has 0 spiro atoms. The van der Waals surface area contributed by atoms with Crippen LogP contribution in [-0.2, 0) is 11.3 Å². The van der Waals surface area contributed by atoms with Crippen LogP contribution in [0.1, 0.15) is 66.3 Å². The molecule has 1 heterocycles. The van der Waals surface area contributed by atoms with Gasteiger partial charge in [0.05, 0.1) is 41.8 Å². The van der Waals surface area contributed by atoms with E-state index >= 15 is 0 Å². The van der Waals surface area contributed by atoms with Gasteiger partial charge < -0.3 is 35.4 Å². The first kappa shape index (κ1) is 36.7. The summed E-state index contributed by atoms with van der Waals surface area (Å²) in [6.07, 6.45) is 2.48. The first-order valence-corrected chi connectivity index (χ1v) is 16.9. The van der Waals surface area contributed by atoms with E-state index in [4.69, 9.17) is 15.2 Å². The Hall–Kier alpha value is -4.12. The molecule has 10 heteroatoms. The number of aliphatic hydroxyl groups is 1. The lowest BCUT2D eigenvalue weighted by molar-refractivity contribution is -0.0177. The van der Waals surface area contributed by atoms with Gasteiger partial charge in [0.2, 0.25) is 0 Å². The molecule has 260 valence electrons. The molecule has 0 bridgehead atoms. The maximum absolute atomic E-state index is 14.2. The molecule has 48 heavy (non-hydrogen) atoms. The number of nitrogens with two attached hydrogens (primary N) is 1. The van der Waals surface area contributed by atoms with Crippen LogP contribution in [0, 0.1) is 5.92 Å². The summed E-state index contributed by atoms with van der Waals surface area (Å²) in [4.78, 5) is 33.0. The van der Waals surface area contributed by atoms with Gasteiger partial charge in [0.25, 0.3) is 11.8 Å². The molecule has 1 aliphatic heterocycles. The fourth-order valence-corrected chi connectivity index (χ4v) is 5.90. The Morgan fingerprint density at radius 3 is 2.48 bits per heavy atom. The van der Waals surface area contributed by atoms with Crippen LogP contribution in [-0.4, -0.2) is 92.4 Å². The summed E-state index contributed by atoms with van der Waals surface area (Å²) >= 11 is 0. The van der Waals surface area contributed by atoms with Gasteiger partial charge in [-0.1, -0.05) is 31.2 Å². The van der Waals surface area contributed by atoms with Gasteiger partial charge in [-0.15, -0.1) is 0 Å². The highest BCUT2D eigenvalue weighted by Gasteiger charge is 2.30. The Bertz CT molecular complexity index is 1500. The van der Waals surface area contributed by atoms with E-state index in [1.807, 2.05) is 87.4 Å². The number of nitrogens with one attached hydrogen (secondary N) is 1. The Labute approximate surface area is 285 Å². The molecule has 0 radical (unpaired) electrons. The number of fused-ring (bicyclic) bond motifs is 1. The Morgan fingerprint density at radius 2 is 1.79 bits per heavy atom. The topological polar surface area (TPSA) is 121 Å². The molecule has 1 aliphatic rings. The van der Waals surface area contributed by atoms with Gasteiger partial charge in [0, 0.05) is 57.5 Å². The van der Waals surface area contributed by atoms with Gasteiger partial charge in [-0.05, 0) is 88.2 Å². The molecule has 4 N–H and O–H groups in total. The monoisotopic (exact) mass is 659 g/mol. The van der Waals surface area contributed by atoms with Crippen molar-refractivity contribution in [1.29, 1.82) is 0 Å². The van der Waals surface area contributed by atoms with Crippen molar-refractivity contribution < 1.29 is 24.2 Å². The highest BCUT2D eigenvalue weighted by molar-refractivity contribution is 6.05. The molecule has 4 atom stereocenters. The number of para-hydroxylation sites is 2. The number of benzene rings is 3. The largest absolute Gasteiger partial charge is 0.490 e. The standard InChI is InChI=1S/C38H53N5O5/c1-26-22-43(27(2)25-44)38(46)32-21-31(41(4)5)18-19-35(32)48-28(3)11-9-10-20-47-36(26)24-42(6)23-29-14-16-30(17-15-29)37(45)40-34-13-8-7-12-33(34)39/h7-8,12-19,21,26-28,36,44H,9-11,20,22-25,39H2,1-6H3,(H,40,45)/t26-,27+,28-,36+/m1/s1. The van der Waals surface area contributed by atoms with Crippen LogP contribution < -0.4 is 20.7 Å². The van der Waals surface area contributed by atoms with Gasteiger partial charge in [-0.25, -0.2) is 0 Å². The predicted molar refractivity (Wildman–Crippen MR) is 193 cm³/mol. The van der Waals surface area contributed by atoms with Crippen molar-refractivity contribution in [3.63, 3.8) is 0 Å². The summed E-state index contributed by atoms with van der Waals surface area (Å²) in [5.41, 5.74) is 10.1. The van der Waals surface area contributed by atoms with Crippen molar-refractivity contribution in [2.45, 2.75) is 64.8 Å². The minimum atomic E-state index is -0.395. The minimum Gasteiger partial charge on any atom is -0.490 e. The Morgan fingerprint density at radius 1 is 1.06 bits per heavy atom. The third kappa shape index (κ3) is 9.95. The van der Waals surface area contributed by atoms with E-state index in [1.54, 1.807) is 17.0 Å². The van der Waals surface area contributed by atoms with Gasteiger partial charge in [-0.2, -0.15) is 0 Å². The van der Waals surface area contributed by atoms with E-state index in [2.05, 4.69) is 24.2 Å². The number of nitrogens with zero attached hydrogens (tertiary/aromatic N) is 3. The number of anilines is 3. The maximum Gasteiger partial charge on any atom is 0.258 e. The van der Waals surface area contributed by atoms with Crippen LogP contribution in [0.2, 0.25) is 0 Å². The van der Waals surface area contributed by atoms with Crippen LogP contribution in [0.5, 0.6) is 5.75 Å². The van der Waals surface area contributed by atoms with Crippen LogP contribution in [0.3, 0.4) is 0 Å². The number of rotatable bonds is 9. The van der Waals surface area contributed by atoms with E-state index in [0.717, 1.165) is 30.5 Å². The molecular formula is C38H53N5O5. The van der Waals surface area contributed by atoms with Crippen LogP contribution in [0.25, 0.3) is 0 Å². The van der Waals surface area contributed by atoms with E-state index in [9.17, 15) is 14.7 Å². The number of amides is 2. The van der Waals surface area contributed by atoms with Crippen molar-refractivity contribution in [2.24, 2.45) is 5.92 Å². The number of nitrogen functional groups attached to an aromatic ring is 1. The van der Waals surface area contributed by atoms with Crippen molar-refractivity contribution >= 4 is 28.9 Å². The smallest absolute Gasteiger partial charge is 0.258 e. The van der Waals surface area contributed by atoms with Gasteiger partial charge in [-0.3, -0.25) is 14.5 Å². The zero-order chi connectivity index (χ0) is 34.8. The highest BCUT2D eigenvalue weighted by atomic mass is 16.5. The second-order valence-corrected chi connectivity index (χ2v) is 13.3. The molecule has 2 amide bonds. The second kappa shape index (κ2) is 17.3. The quantitative estimate of drug-likeness (QED) is 0.257. The average molecular weight is 660 g/mol. The number of hydrogen-bond donors (Lipinski definition) is 3. The van der Waals surface area contributed by atoms with Crippen molar-refractivity contribution in [1.82, 2.24) is 9.80 Å². The molecule has 3 aromatic carbocycles. The number of likely N-dealkylation sites (N-methyl/N-ethyl adjacent to an activating group) is 1. The maximum atomic E-state index is 14.2. The Balaban J connectivity index is 1.49. The molecule has 0 aromatic heterocycles. The van der Waals surface area contributed by atoms with E-state index in [-0.39, 0.29) is 36.5 Å². The molecule has 3 aromatic rings. The van der Waals surface area contributed by atoms with Crippen molar-refractivity contribution in [3.8, 4) is 5.75 Å². The normalized spacial score (nSPS) is 20.0. The average Bonchev–Trinajstić information content (AvgIpc) is 3.06. The SMILES string of the molecule is C[C@@H]1CCCCO[C@@H](CN(C)Cc2ccc(C(=O)Nc3ccccc3N)cc2)[C@H](C)CN([C@@H](C)CO)C(=O)c2cc(N(C)C)ccc2O1. The molecular weight excluding hydrogens is 606 g/mol. The highest BCUT2D eigenvalue weighted by Crippen LogP contribution is 2.29. The number of carbonyl (C=O) groups excluding carboxylic acids is 2. The third-order valence-electron chi connectivity index (χ3n) is 8.92. The zero-order valence-corrected chi connectivity index (χ0v) is 29.3. The molecule has 10 nitrogen and oxygen atoms in total.